The van der Waals surface area contributed by atoms with Gasteiger partial charge in [0, 0.05) is 36.4 Å². The number of rotatable bonds is 13. The van der Waals surface area contributed by atoms with Gasteiger partial charge in [0.1, 0.15) is 18.8 Å². The van der Waals surface area contributed by atoms with Gasteiger partial charge in [0.05, 0.1) is 29.5 Å². The molecule has 0 fully saturated rings. The van der Waals surface area contributed by atoms with Crippen LogP contribution in [0.5, 0.6) is 0 Å². The van der Waals surface area contributed by atoms with Crippen molar-refractivity contribution in [2.24, 2.45) is 16.1 Å². The number of halogens is 8. The Balaban J connectivity index is 1.84. The Hall–Kier alpha value is -5.20. The van der Waals surface area contributed by atoms with Crippen molar-refractivity contribution in [1.29, 1.82) is 0 Å². The lowest BCUT2D eigenvalue weighted by molar-refractivity contribution is 0.0203. The molecule has 0 spiro atoms. The first kappa shape index (κ1) is 40.6. The number of aromatic nitrogens is 5. The number of alkyl carbamates (subject to hydrolysis) is 1. The number of carbonyl (C=O) groups is 2. The van der Waals surface area contributed by atoms with E-state index in [-0.39, 0.29) is 44.9 Å². The molecule has 0 saturated carbocycles. The van der Waals surface area contributed by atoms with E-state index in [1.807, 2.05) is 26.1 Å². The third-order valence-electron chi connectivity index (χ3n) is 7.51. The molecule has 1 atom stereocenters. The number of alkyl halides is 6. The van der Waals surface area contributed by atoms with Crippen LogP contribution in [0.2, 0.25) is 5.02 Å². The summed E-state index contributed by atoms with van der Waals surface area (Å²) in [6.07, 6.45) is -1.12. The first-order valence-electron chi connectivity index (χ1n) is 15.8. The fourth-order valence-electron chi connectivity index (χ4n) is 4.83. The molecule has 286 valence electrons. The summed E-state index contributed by atoms with van der Waals surface area (Å²) < 4.78 is 103. The molecule has 2 heterocycles. The highest BCUT2D eigenvalue weighted by Crippen LogP contribution is 2.32. The molecule has 0 bridgehead atoms. The largest absolute Gasteiger partial charge is 0.447 e. The standard InChI is InChI=1S/C33H35ClF7N9O3/c1-32(2,3)9-10-43-30(42)49(28(51)19-5-7-21(23(35)11-19)20-13-46-48(14-20)29(38)39)25(15-53-31(52)44-16-33(4,40)41)18-6-8-22(34)24(12-18)50-27(26(36)37)45-17-47-50/h5-8,11-14,17,25-26,29H,9-10,15-16H2,1-4H3,(H2,42,43)(H,44,52)/t25-/m1/s1. The highest BCUT2D eigenvalue weighted by Gasteiger charge is 2.33. The van der Waals surface area contributed by atoms with E-state index in [1.54, 1.807) is 0 Å². The predicted octanol–water partition coefficient (Wildman–Crippen LogP) is 7.57. The summed E-state index contributed by atoms with van der Waals surface area (Å²) in [4.78, 5) is 35.7. The van der Waals surface area contributed by atoms with E-state index in [0.29, 0.717) is 18.0 Å². The number of amides is 2. The molecular formula is C33H35ClF7N9O3. The highest BCUT2D eigenvalue weighted by molar-refractivity contribution is 6.32. The Morgan fingerprint density at radius 1 is 1.08 bits per heavy atom. The van der Waals surface area contributed by atoms with E-state index in [4.69, 9.17) is 22.1 Å². The Bertz CT molecular complexity index is 1940. The van der Waals surface area contributed by atoms with Crippen LogP contribution in [-0.2, 0) is 4.74 Å². The maximum Gasteiger partial charge on any atom is 0.407 e. The number of nitrogens with zero attached hydrogens (tertiary/aromatic N) is 7. The van der Waals surface area contributed by atoms with Crippen molar-refractivity contribution in [2.75, 3.05) is 19.7 Å². The monoisotopic (exact) mass is 773 g/mol. The predicted molar refractivity (Wildman–Crippen MR) is 180 cm³/mol. The molecule has 0 aliphatic rings. The minimum absolute atomic E-state index is 0.0122. The number of ether oxygens (including phenoxy) is 1. The molecule has 0 radical (unpaired) electrons. The third kappa shape index (κ3) is 10.7. The van der Waals surface area contributed by atoms with Crippen molar-refractivity contribution in [3.8, 4) is 16.8 Å². The molecule has 20 heteroatoms. The van der Waals surface area contributed by atoms with E-state index in [1.165, 1.54) is 24.3 Å². The van der Waals surface area contributed by atoms with Crippen LogP contribution >= 0.6 is 11.6 Å². The lowest BCUT2D eigenvalue weighted by Crippen LogP contribution is -2.47. The Labute approximate surface area is 303 Å². The molecular weight excluding hydrogens is 739 g/mol. The summed E-state index contributed by atoms with van der Waals surface area (Å²) in [6.45, 7) is 1.58. The smallest absolute Gasteiger partial charge is 0.407 e. The minimum Gasteiger partial charge on any atom is -0.447 e. The van der Waals surface area contributed by atoms with E-state index in [2.05, 4.69) is 20.2 Å². The third-order valence-corrected chi connectivity index (χ3v) is 7.83. The fraction of sp³-hybridized carbons (Fsp3) is 0.394. The molecule has 12 nitrogen and oxygen atoms in total. The lowest BCUT2D eigenvalue weighted by Gasteiger charge is -2.32. The minimum atomic E-state index is -3.30. The van der Waals surface area contributed by atoms with Gasteiger partial charge >= 0.3 is 12.6 Å². The van der Waals surface area contributed by atoms with Crippen LogP contribution in [0.1, 0.15) is 74.9 Å². The van der Waals surface area contributed by atoms with Gasteiger partial charge in [-0.2, -0.15) is 19.0 Å². The van der Waals surface area contributed by atoms with Gasteiger partial charge in [0.25, 0.3) is 18.3 Å². The quantitative estimate of drug-likeness (QED) is 0.0810. The number of hydrogen-bond donors (Lipinski definition) is 2. The summed E-state index contributed by atoms with van der Waals surface area (Å²) in [7, 11) is 0. The number of guanidine groups is 1. The van der Waals surface area contributed by atoms with Crippen LogP contribution < -0.4 is 11.1 Å². The Morgan fingerprint density at radius 3 is 2.40 bits per heavy atom. The molecule has 3 N–H and O–H groups in total. The summed E-state index contributed by atoms with van der Waals surface area (Å²) in [6, 6.07) is 5.54. The van der Waals surface area contributed by atoms with Crippen molar-refractivity contribution in [1.82, 2.24) is 34.8 Å². The lowest BCUT2D eigenvalue weighted by atomic mass is 9.92. The number of nitrogens with two attached hydrogens (primary N) is 1. The van der Waals surface area contributed by atoms with Crippen LogP contribution in [0.15, 0.2) is 60.1 Å². The van der Waals surface area contributed by atoms with Crippen molar-refractivity contribution in [3.05, 3.63) is 82.9 Å². The van der Waals surface area contributed by atoms with Gasteiger partial charge in [-0.25, -0.2) is 41.1 Å². The van der Waals surface area contributed by atoms with Crippen molar-refractivity contribution in [2.45, 2.75) is 59.1 Å². The van der Waals surface area contributed by atoms with E-state index < -0.39 is 67.7 Å². The second-order valence-electron chi connectivity index (χ2n) is 13.0. The molecule has 0 unspecified atom stereocenters. The molecule has 4 rings (SSSR count). The van der Waals surface area contributed by atoms with Crippen molar-refractivity contribution >= 4 is 29.6 Å². The highest BCUT2D eigenvalue weighted by atomic mass is 35.5. The molecule has 2 aromatic heterocycles. The first-order valence-corrected chi connectivity index (χ1v) is 16.2. The van der Waals surface area contributed by atoms with Gasteiger partial charge in [-0.15, -0.1) is 0 Å². The zero-order valence-corrected chi connectivity index (χ0v) is 29.5. The van der Waals surface area contributed by atoms with Crippen LogP contribution in [-0.4, -0.2) is 73.0 Å². The number of aliphatic imine (C=N–C) groups is 1. The normalized spacial score (nSPS) is 13.1. The van der Waals surface area contributed by atoms with E-state index >= 15 is 4.39 Å². The first-order chi connectivity index (χ1) is 24.8. The van der Waals surface area contributed by atoms with E-state index in [0.717, 1.165) is 40.4 Å². The number of carbonyl (C=O) groups excluding carboxylic acids is 2. The summed E-state index contributed by atoms with van der Waals surface area (Å²) in [5, 5.41) is 9.14. The second kappa shape index (κ2) is 16.6. The van der Waals surface area contributed by atoms with Crippen LogP contribution in [0.3, 0.4) is 0 Å². The van der Waals surface area contributed by atoms with Gasteiger partial charge in [-0.1, -0.05) is 44.5 Å². The average molecular weight is 774 g/mol. The zero-order chi connectivity index (χ0) is 39.2. The summed E-state index contributed by atoms with van der Waals surface area (Å²) in [5.41, 5.74) is 5.61. The van der Waals surface area contributed by atoms with Gasteiger partial charge in [-0.3, -0.25) is 14.7 Å². The number of hydrogen-bond acceptors (Lipinski definition) is 7. The summed E-state index contributed by atoms with van der Waals surface area (Å²) >= 11 is 6.38. The number of benzene rings is 2. The fourth-order valence-corrected chi connectivity index (χ4v) is 5.03. The zero-order valence-electron chi connectivity index (χ0n) is 28.7. The maximum atomic E-state index is 15.5. The van der Waals surface area contributed by atoms with Crippen LogP contribution in [0.25, 0.3) is 16.8 Å². The number of nitrogens with one attached hydrogen (secondary N) is 1. The van der Waals surface area contributed by atoms with Crippen LogP contribution in [0.4, 0.5) is 35.5 Å². The SMILES string of the molecule is CC(C)(C)CCN=C(N)N(C(=O)c1ccc(-c2cnn(C(F)F)c2)c(F)c1)[C@H](COC(=O)NCC(C)(F)F)c1ccc(Cl)c(-n2ncnc2C(F)F)c1. The molecule has 4 aromatic rings. The van der Waals surface area contributed by atoms with Crippen molar-refractivity contribution in [3.63, 3.8) is 0 Å². The van der Waals surface area contributed by atoms with E-state index in [9.17, 15) is 35.9 Å². The van der Waals surface area contributed by atoms with Crippen LogP contribution in [0, 0.1) is 11.2 Å². The topological polar surface area (TPSA) is 146 Å². The van der Waals surface area contributed by atoms with Gasteiger partial charge in [-0.05, 0) is 41.7 Å². The average Bonchev–Trinajstić information content (AvgIpc) is 3.76. The molecule has 2 aromatic carbocycles. The Morgan fingerprint density at radius 2 is 1.79 bits per heavy atom. The van der Waals surface area contributed by atoms with Crippen molar-refractivity contribution < 1.29 is 45.1 Å². The summed E-state index contributed by atoms with van der Waals surface area (Å²) in [5.74, 6) is -6.52. The Kier molecular flexibility index (Phi) is 12.7. The molecule has 0 saturated heterocycles. The molecule has 53 heavy (non-hydrogen) atoms. The molecule has 2 amide bonds. The van der Waals surface area contributed by atoms with Gasteiger partial charge in [0.15, 0.2) is 11.8 Å². The molecule has 0 aliphatic carbocycles. The van der Waals surface area contributed by atoms with Gasteiger partial charge < -0.3 is 15.8 Å². The molecule has 0 aliphatic heterocycles. The van der Waals surface area contributed by atoms with Gasteiger partial charge in [0.2, 0.25) is 0 Å². The second-order valence-corrected chi connectivity index (χ2v) is 13.4. The maximum absolute atomic E-state index is 15.5.